The number of ether oxygens (including phenoxy) is 3. The number of benzene rings is 2. The van der Waals surface area contributed by atoms with Gasteiger partial charge in [-0.1, -0.05) is 6.07 Å². The van der Waals surface area contributed by atoms with Crippen LogP contribution in [0.3, 0.4) is 0 Å². The van der Waals surface area contributed by atoms with Crippen LogP contribution in [-0.4, -0.2) is 29.2 Å². The standard InChI is InChI=1S/C23H22O7/c1-23(2,26)8-6-11-4-5-13(24)17-19(25)18-15(29-20(11)17)10-14-16(21(18)27-3)12-7-9-28-22(12)30-14/h4-5,7,9-10,12,22,24,26H,6,8H2,1-3H3/t12-,22+/m0/s1. The van der Waals surface area contributed by atoms with Crippen molar-refractivity contribution in [1.29, 1.82) is 0 Å². The largest absolute Gasteiger partial charge is 0.507 e. The van der Waals surface area contributed by atoms with Crippen molar-refractivity contribution in [1.82, 2.24) is 0 Å². The van der Waals surface area contributed by atoms with Crippen molar-refractivity contribution in [3.05, 3.63) is 51.9 Å². The van der Waals surface area contributed by atoms with Gasteiger partial charge in [-0.05, 0) is 44.4 Å². The molecule has 156 valence electrons. The molecule has 3 aromatic rings. The van der Waals surface area contributed by atoms with E-state index in [4.69, 9.17) is 18.6 Å². The number of phenolic OH excluding ortho intramolecular Hbond substituents is 1. The molecule has 0 saturated heterocycles. The molecule has 0 aliphatic carbocycles. The second-order valence-electron chi connectivity index (χ2n) is 8.36. The quantitative estimate of drug-likeness (QED) is 0.633. The van der Waals surface area contributed by atoms with E-state index in [2.05, 4.69) is 0 Å². The molecule has 2 aliphatic heterocycles. The molecule has 2 atom stereocenters. The second kappa shape index (κ2) is 6.40. The molecule has 7 nitrogen and oxygen atoms in total. The van der Waals surface area contributed by atoms with Crippen molar-refractivity contribution in [3.63, 3.8) is 0 Å². The fraction of sp³-hybridized carbons (Fsp3) is 0.348. The van der Waals surface area contributed by atoms with Gasteiger partial charge in [0.15, 0.2) is 0 Å². The van der Waals surface area contributed by atoms with Crippen LogP contribution in [0.25, 0.3) is 21.9 Å². The summed E-state index contributed by atoms with van der Waals surface area (Å²) >= 11 is 0. The highest BCUT2D eigenvalue weighted by atomic mass is 16.7. The molecule has 0 bridgehead atoms. The predicted octanol–water partition coefficient (Wildman–Crippen LogP) is 3.71. The Hall–Kier alpha value is -3.19. The van der Waals surface area contributed by atoms with Crippen molar-refractivity contribution >= 4 is 21.9 Å². The van der Waals surface area contributed by atoms with Crippen LogP contribution in [0.1, 0.15) is 37.3 Å². The molecule has 0 fully saturated rings. The van der Waals surface area contributed by atoms with E-state index in [1.54, 1.807) is 32.2 Å². The average molecular weight is 410 g/mol. The van der Waals surface area contributed by atoms with Gasteiger partial charge in [-0.15, -0.1) is 0 Å². The Bertz CT molecular complexity index is 1260. The van der Waals surface area contributed by atoms with Crippen molar-refractivity contribution in [2.75, 3.05) is 7.11 Å². The van der Waals surface area contributed by atoms with Gasteiger partial charge in [0, 0.05) is 6.07 Å². The number of methoxy groups -OCH3 is 1. The first-order valence-corrected chi connectivity index (χ1v) is 9.82. The van der Waals surface area contributed by atoms with E-state index >= 15 is 0 Å². The van der Waals surface area contributed by atoms with Crippen LogP contribution in [0.4, 0.5) is 0 Å². The predicted molar refractivity (Wildman–Crippen MR) is 110 cm³/mol. The fourth-order valence-corrected chi connectivity index (χ4v) is 4.21. The van der Waals surface area contributed by atoms with Crippen LogP contribution < -0.4 is 14.9 Å². The van der Waals surface area contributed by atoms with Crippen molar-refractivity contribution in [3.8, 4) is 17.2 Å². The Balaban J connectivity index is 1.80. The lowest BCUT2D eigenvalue weighted by molar-refractivity contribution is -0.00481. The molecule has 0 amide bonds. The molecule has 1 aromatic heterocycles. The van der Waals surface area contributed by atoms with Gasteiger partial charge in [0.1, 0.15) is 39.2 Å². The summed E-state index contributed by atoms with van der Waals surface area (Å²) in [6.45, 7) is 3.44. The molecule has 3 heterocycles. The van der Waals surface area contributed by atoms with Crippen LogP contribution in [0, 0.1) is 0 Å². The Labute approximate surface area is 172 Å². The van der Waals surface area contributed by atoms with Crippen molar-refractivity contribution in [2.24, 2.45) is 0 Å². The average Bonchev–Trinajstić information content (AvgIpc) is 3.26. The number of phenols is 1. The lowest BCUT2D eigenvalue weighted by Gasteiger charge is -2.17. The van der Waals surface area contributed by atoms with Crippen LogP contribution in [0.5, 0.6) is 17.2 Å². The van der Waals surface area contributed by atoms with Crippen LogP contribution >= 0.6 is 0 Å². The number of aromatic hydroxyl groups is 1. The Morgan fingerprint density at radius 1 is 1.23 bits per heavy atom. The van der Waals surface area contributed by atoms with Gasteiger partial charge in [0.25, 0.3) is 6.29 Å². The maximum Gasteiger partial charge on any atom is 0.250 e. The molecule has 2 aromatic carbocycles. The van der Waals surface area contributed by atoms with Crippen molar-refractivity contribution < 1.29 is 28.8 Å². The first kappa shape index (κ1) is 18.8. The number of hydrogen-bond donors (Lipinski definition) is 2. The fourth-order valence-electron chi connectivity index (χ4n) is 4.21. The highest BCUT2D eigenvalue weighted by Crippen LogP contribution is 2.50. The van der Waals surface area contributed by atoms with E-state index in [1.165, 1.54) is 13.2 Å². The third-order valence-corrected chi connectivity index (χ3v) is 5.71. The minimum Gasteiger partial charge on any atom is -0.507 e. The zero-order valence-corrected chi connectivity index (χ0v) is 16.9. The van der Waals surface area contributed by atoms with Gasteiger partial charge in [-0.3, -0.25) is 4.79 Å². The SMILES string of the molecule is COc1c2c(cc3oc4c(CCC(C)(C)O)ccc(O)c4c(=O)c13)O[C@H]1OC=C[C@@H]21. The summed E-state index contributed by atoms with van der Waals surface area (Å²) in [5, 5.41) is 20.9. The number of aliphatic hydroxyl groups is 1. The molecule has 0 radical (unpaired) electrons. The molecule has 7 heteroatoms. The van der Waals surface area contributed by atoms with Crippen LogP contribution in [-0.2, 0) is 11.2 Å². The molecular weight excluding hydrogens is 388 g/mol. The van der Waals surface area contributed by atoms with Gasteiger partial charge in [0.05, 0.1) is 30.5 Å². The summed E-state index contributed by atoms with van der Waals surface area (Å²) < 4.78 is 23.1. The lowest BCUT2D eigenvalue weighted by atomic mass is 9.95. The number of aryl methyl sites for hydroxylation is 1. The molecular formula is C23H22O7. The normalized spacial score (nSPS) is 19.6. The zero-order valence-electron chi connectivity index (χ0n) is 16.9. The molecule has 2 N–H and O–H groups in total. The topological polar surface area (TPSA) is 98.4 Å². The Kier molecular flexibility index (Phi) is 4.02. The zero-order chi connectivity index (χ0) is 21.2. The lowest BCUT2D eigenvalue weighted by Crippen LogP contribution is -2.19. The molecule has 0 unspecified atom stereocenters. The Morgan fingerprint density at radius 3 is 2.77 bits per heavy atom. The van der Waals surface area contributed by atoms with E-state index in [1.807, 2.05) is 6.08 Å². The first-order valence-electron chi connectivity index (χ1n) is 9.82. The van der Waals surface area contributed by atoms with Crippen LogP contribution in [0.2, 0.25) is 0 Å². The van der Waals surface area contributed by atoms with Gasteiger partial charge in [-0.25, -0.2) is 0 Å². The third-order valence-electron chi connectivity index (χ3n) is 5.71. The van der Waals surface area contributed by atoms with E-state index in [-0.39, 0.29) is 27.9 Å². The molecule has 5 rings (SSSR count). The van der Waals surface area contributed by atoms with Crippen LogP contribution in [0.15, 0.2) is 39.7 Å². The monoisotopic (exact) mass is 410 g/mol. The van der Waals surface area contributed by atoms with Gasteiger partial charge in [0.2, 0.25) is 5.43 Å². The van der Waals surface area contributed by atoms with Gasteiger partial charge < -0.3 is 28.8 Å². The molecule has 30 heavy (non-hydrogen) atoms. The minimum absolute atomic E-state index is 0.0997. The number of rotatable bonds is 4. The smallest absolute Gasteiger partial charge is 0.250 e. The summed E-state index contributed by atoms with van der Waals surface area (Å²) in [6.07, 6.45) is 3.89. The summed E-state index contributed by atoms with van der Waals surface area (Å²) in [5.41, 5.74) is 0.820. The van der Waals surface area contributed by atoms with E-state index in [0.717, 1.165) is 11.1 Å². The van der Waals surface area contributed by atoms with E-state index in [9.17, 15) is 15.0 Å². The maximum absolute atomic E-state index is 13.5. The number of fused-ring (bicyclic) bond motifs is 5. The summed E-state index contributed by atoms with van der Waals surface area (Å²) in [7, 11) is 1.49. The highest BCUT2D eigenvalue weighted by Gasteiger charge is 2.41. The van der Waals surface area contributed by atoms with E-state index in [0.29, 0.717) is 35.5 Å². The maximum atomic E-state index is 13.5. The summed E-state index contributed by atoms with van der Waals surface area (Å²) in [4.78, 5) is 13.5. The van der Waals surface area contributed by atoms with E-state index < -0.39 is 11.9 Å². The molecule has 0 spiro atoms. The summed E-state index contributed by atoms with van der Waals surface area (Å²) in [5.74, 6) is 0.566. The second-order valence-corrected chi connectivity index (χ2v) is 8.36. The first-order chi connectivity index (χ1) is 14.3. The minimum atomic E-state index is -0.870. The number of hydrogen-bond acceptors (Lipinski definition) is 7. The summed E-state index contributed by atoms with van der Waals surface area (Å²) in [6, 6.07) is 4.87. The third kappa shape index (κ3) is 2.73. The molecule has 2 aliphatic rings. The Morgan fingerprint density at radius 2 is 2.03 bits per heavy atom. The highest BCUT2D eigenvalue weighted by molar-refractivity contribution is 5.98. The van der Waals surface area contributed by atoms with Crippen molar-refractivity contribution in [2.45, 2.75) is 44.5 Å². The van der Waals surface area contributed by atoms with Gasteiger partial charge >= 0.3 is 0 Å². The van der Waals surface area contributed by atoms with Gasteiger partial charge in [-0.2, -0.15) is 0 Å². The molecule has 0 saturated carbocycles.